The fourth-order valence-corrected chi connectivity index (χ4v) is 3.76. The van der Waals surface area contributed by atoms with Gasteiger partial charge in [-0.2, -0.15) is 0 Å². The molecule has 3 nitrogen and oxygen atoms in total. The fraction of sp³-hybridized carbons (Fsp3) is 1.00. The Morgan fingerprint density at radius 2 is 2.06 bits per heavy atom. The number of hydrogen-bond acceptors (Lipinski definition) is 3. The minimum absolute atomic E-state index is 0.146. The van der Waals surface area contributed by atoms with Crippen LogP contribution < -0.4 is 5.73 Å². The topological polar surface area (TPSA) is 38.5 Å². The van der Waals surface area contributed by atoms with Gasteiger partial charge in [-0.25, -0.2) is 0 Å². The highest BCUT2D eigenvalue weighted by Crippen LogP contribution is 2.40. The predicted octanol–water partition coefficient (Wildman–Crippen LogP) is 2.00. The maximum absolute atomic E-state index is 6.05. The molecule has 1 saturated carbocycles. The van der Waals surface area contributed by atoms with Crippen molar-refractivity contribution >= 4 is 0 Å². The summed E-state index contributed by atoms with van der Waals surface area (Å²) in [6.45, 7) is 5.14. The molecule has 0 spiro atoms. The highest BCUT2D eigenvalue weighted by atomic mass is 16.5. The van der Waals surface area contributed by atoms with Gasteiger partial charge < -0.3 is 10.5 Å². The van der Waals surface area contributed by atoms with Crippen molar-refractivity contribution in [1.29, 1.82) is 0 Å². The summed E-state index contributed by atoms with van der Waals surface area (Å²) in [6.07, 6.45) is 8.10. The van der Waals surface area contributed by atoms with Crippen LogP contribution in [0, 0.1) is 5.92 Å². The van der Waals surface area contributed by atoms with Crippen LogP contribution in [-0.2, 0) is 4.74 Å². The summed E-state index contributed by atoms with van der Waals surface area (Å²) in [4.78, 5) is 2.70. The van der Waals surface area contributed by atoms with E-state index in [2.05, 4.69) is 11.8 Å². The smallest absolute Gasteiger partial charge is 0.0480 e. The van der Waals surface area contributed by atoms with Crippen molar-refractivity contribution < 1.29 is 4.74 Å². The molecule has 0 radical (unpaired) electrons. The lowest BCUT2D eigenvalue weighted by molar-refractivity contribution is 0.0399. The number of ether oxygens (including phenoxy) is 1. The van der Waals surface area contributed by atoms with E-state index in [0.29, 0.717) is 0 Å². The molecule has 3 heteroatoms. The maximum atomic E-state index is 6.05. The maximum Gasteiger partial charge on any atom is 0.0480 e. The molecule has 0 aromatic heterocycles. The Kier molecular flexibility index (Phi) is 4.45. The SMILES string of the molecule is COCCC(C)(CN)N1CCC2CCCCC21. The van der Waals surface area contributed by atoms with Gasteiger partial charge in [0.15, 0.2) is 0 Å². The minimum atomic E-state index is 0.146. The van der Waals surface area contributed by atoms with E-state index in [1.807, 2.05) is 0 Å². The van der Waals surface area contributed by atoms with Crippen LogP contribution in [0.25, 0.3) is 0 Å². The summed E-state index contributed by atoms with van der Waals surface area (Å²) < 4.78 is 5.25. The van der Waals surface area contributed by atoms with E-state index in [9.17, 15) is 0 Å². The van der Waals surface area contributed by atoms with E-state index in [0.717, 1.165) is 31.5 Å². The molecule has 100 valence electrons. The summed E-state index contributed by atoms with van der Waals surface area (Å²) in [7, 11) is 1.78. The molecule has 3 atom stereocenters. The van der Waals surface area contributed by atoms with Crippen molar-refractivity contribution in [3.63, 3.8) is 0 Å². The van der Waals surface area contributed by atoms with Crippen LogP contribution in [0.2, 0.25) is 0 Å². The molecule has 3 unspecified atom stereocenters. The van der Waals surface area contributed by atoms with Crippen molar-refractivity contribution in [1.82, 2.24) is 4.90 Å². The fourth-order valence-electron chi connectivity index (χ4n) is 3.76. The van der Waals surface area contributed by atoms with Crippen molar-refractivity contribution in [2.45, 2.75) is 57.0 Å². The lowest BCUT2D eigenvalue weighted by Gasteiger charge is -2.44. The molecular weight excluding hydrogens is 212 g/mol. The second-order valence-corrected chi connectivity index (χ2v) is 6.04. The molecular formula is C14H28N2O. The minimum Gasteiger partial charge on any atom is -0.385 e. The number of likely N-dealkylation sites (tertiary alicyclic amines) is 1. The quantitative estimate of drug-likeness (QED) is 0.799. The van der Waals surface area contributed by atoms with Crippen LogP contribution in [0.1, 0.15) is 45.4 Å². The number of nitrogens with two attached hydrogens (primary N) is 1. The average Bonchev–Trinajstić information content (AvgIpc) is 2.80. The van der Waals surface area contributed by atoms with E-state index in [4.69, 9.17) is 10.5 Å². The highest BCUT2D eigenvalue weighted by Gasteiger charge is 2.43. The van der Waals surface area contributed by atoms with Gasteiger partial charge >= 0.3 is 0 Å². The molecule has 1 saturated heterocycles. The van der Waals surface area contributed by atoms with Gasteiger partial charge in [0.05, 0.1) is 0 Å². The van der Waals surface area contributed by atoms with Gasteiger partial charge in [-0.15, -0.1) is 0 Å². The summed E-state index contributed by atoms with van der Waals surface area (Å²) in [6, 6.07) is 0.800. The third-order valence-corrected chi connectivity index (χ3v) is 4.99. The predicted molar refractivity (Wildman–Crippen MR) is 71.0 cm³/mol. The van der Waals surface area contributed by atoms with Gasteiger partial charge in [-0.05, 0) is 45.1 Å². The molecule has 2 N–H and O–H groups in total. The first-order valence-corrected chi connectivity index (χ1v) is 7.17. The van der Waals surface area contributed by atoms with E-state index in [1.165, 1.54) is 38.6 Å². The van der Waals surface area contributed by atoms with E-state index in [1.54, 1.807) is 7.11 Å². The molecule has 2 rings (SSSR count). The summed E-state index contributed by atoms with van der Waals surface area (Å²) >= 11 is 0. The molecule has 17 heavy (non-hydrogen) atoms. The Morgan fingerprint density at radius 1 is 1.29 bits per heavy atom. The van der Waals surface area contributed by atoms with Crippen molar-refractivity contribution in [2.75, 3.05) is 26.8 Å². The molecule has 1 heterocycles. The molecule has 0 bridgehead atoms. The monoisotopic (exact) mass is 240 g/mol. The third kappa shape index (κ3) is 2.67. The zero-order valence-corrected chi connectivity index (χ0v) is 11.5. The highest BCUT2D eigenvalue weighted by molar-refractivity contribution is 4.99. The first-order chi connectivity index (χ1) is 8.21. The Bertz CT molecular complexity index is 246. The Balaban J connectivity index is 2.03. The van der Waals surface area contributed by atoms with Gasteiger partial charge in [0.2, 0.25) is 0 Å². The van der Waals surface area contributed by atoms with Gasteiger partial charge in [0.25, 0.3) is 0 Å². The van der Waals surface area contributed by atoms with Crippen LogP contribution in [0.15, 0.2) is 0 Å². The molecule has 0 amide bonds. The van der Waals surface area contributed by atoms with Crippen LogP contribution in [0.5, 0.6) is 0 Å². The summed E-state index contributed by atoms with van der Waals surface area (Å²) in [5, 5.41) is 0. The Labute approximate surface area is 106 Å². The van der Waals surface area contributed by atoms with Crippen LogP contribution in [-0.4, -0.2) is 43.3 Å². The molecule has 1 aliphatic carbocycles. The molecule has 0 aromatic carbocycles. The zero-order valence-electron chi connectivity index (χ0n) is 11.5. The van der Waals surface area contributed by atoms with Gasteiger partial charge in [0.1, 0.15) is 0 Å². The largest absolute Gasteiger partial charge is 0.385 e. The number of hydrogen-bond donors (Lipinski definition) is 1. The normalized spacial score (nSPS) is 33.4. The van der Waals surface area contributed by atoms with Crippen molar-refractivity contribution in [2.24, 2.45) is 11.7 Å². The van der Waals surface area contributed by atoms with Crippen molar-refractivity contribution in [3.05, 3.63) is 0 Å². The number of rotatable bonds is 5. The second kappa shape index (κ2) is 5.68. The summed E-state index contributed by atoms with van der Waals surface area (Å²) in [5.41, 5.74) is 6.20. The number of nitrogens with zero attached hydrogens (tertiary/aromatic N) is 1. The zero-order chi connectivity index (χ0) is 12.3. The van der Waals surface area contributed by atoms with Gasteiger partial charge in [0, 0.05) is 31.8 Å². The Hall–Kier alpha value is -0.120. The lowest BCUT2D eigenvalue weighted by Crippen LogP contribution is -2.55. The molecule has 0 aromatic rings. The van der Waals surface area contributed by atoms with E-state index in [-0.39, 0.29) is 5.54 Å². The molecule has 1 aliphatic heterocycles. The first kappa shape index (κ1) is 13.3. The Morgan fingerprint density at radius 3 is 2.76 bits per heavy atom. The van der Waals surface area contributed by atoms with Crippen LogP contribution >= 0.6 is 0 Å². The first-order valence-electron chi connectivity index (χ1n) is 7.17. The lowest BCUT2D eigenvalue weighted by atomic mass is 9.83. The molecule has 2 aliphatic rings. The van der Waals surface area contributed by atoms with Crippen LogP contribution in [0.3, 0.4) is 0 Å². The number of fused-ring (bicyclic) bond motifs is 1. The molecule has 2 fully saturated rings. The van der Waals surface area contributed by atoms with Crippen molar-refractivity contribution in [3.8, 4) is 0 Å². The number of methoxy groups -OCH3 is 1. The van der Waals surface area contributed by atoms with E-state index < -0.39 is 0 Å². The van der Waals surface area contributed by atoms with Crippen LogP contribution in [0.4, 0.5) is 0 Å². The second-order valence-electron chi connectivity index (χ2n) is 6.04. The third-order valence-electron chi connectivity index (χ3n) is 4.99. The van der Waals surface area contributed by atoms with Gasteiger partial charge in [-0.1, -0.05) is 12.8 Å². The average molecular weight is 240 g/mol. The summed E-state index contributed by atoms with van der Waals surface area (Å²) in [5.74, 6) is 0.942. The van der Waals surface area contributed by atoms with E-state index >= 15 is 0 Å². The standard InChI is InChI=1S/C14H28N2O/c1-14(11-15,8-10-17-2)16-9-7-12-5-3-4-6-13(12)16/h12-13H,3-11,15H2,1-2H3. The van der Waals surface area contributed by atoms with Gasteiger partial charge in [-0.3, -0.25) is 4.90 Å².